The maximum absolute atomic E-state index is 14.4. The molecule has 14 amide bonds. The number of nitrogens with zero attached hydrogens (tertiary/aromatic N) is 2. The number of thiol groups is 1. The number of amides is 14. The van der Waals surface area contributed by atoms with Gasteiger partial charge in [0, 0.05) is 31.7 Å². The highest BCUT2D eigenvalue weighted by molar-refractivity contribution is 7.98. The van der Waals surface area contributed by atoms with Gasteiger partial charge in [-0.2, -0.15) is 24.4 Å². The number of aliphatic carboxylic acids is 4. The minimum Gasteiger partial charge on any atom is -0.508 e. The number of benzene rings is 1. The van der Waals surface area contributed by atoms with E-state index in [1.807, 2.05) is 0 Å². The highest BCUT2D eigenvalue weighted by atomic mass is 32.2. The van der Waals surface area contributed by atoms with E-state index in [2.05, 4.69) is 65.8 Å². The van der Waals surface area contributed by atoms with Crippen molar-refractivity contribution in [3.8, 4) is 5.75 Å². The molecule has 0 bridgehead atoms. The van der Waals surface area contributed by atoms with E-state index in [0.29, 0.717) is 11.3 Å². The summed E-state index contributed by atoms with van der Waals surface area (Å²) in [7, 11) is 0. The molecule has 2 heterocycles. The molecule has 1 aromatic rings. The average Bonchev–Trinajstić information content (AvgIpc) is 1.74. The van der Waals surface area contributed by atoms with Crippen molar-refractivity contribution >= 4 is 131 Å². The molecule has 13 atom stereocenters. The number of thioether (sulfide) groups is 1. The number of unbranched alkanes of at least 4 members (excludes halogenated alkanes) is 1. The first-order valence-electron chi connectivity index (χ1n) is 31.9. The van der Waals surface area contributed by atoms with Crippen LogP contribution in [-0.4, -0.2) is 258 Å². The summed E-state index contributed by atoms with van der Waals surface area (Å²) >= 11 is 5.30. The normalized spacial score (nSPS) is 17.3. The third kappa shape index (κ3) is 28.7. The highest BCUT2D eigenvalue weighted by Crippen LogP contribution is 2.23. The van der Waals surface area contributed by atoms with Crippen LogP contribution in [0.25, 0.3) is 0 Å². The molecule has 23 N–H and O–H groups in total. The van der Waals surface area contributed by atoms with Gasteiger partial charge in [0.2, 0.25) is 82.7 Å². The molecule has 41 heteroatoms. The number of aromatic hydroxyl groups is 1. The first-order valence-corrected chi connectivity index (χ1v) is 34.0. The first-order chi connectivity index (χ1) is 47.5. The van der Waals surface area contributed by atoms with Crippen LogP contribution in [0.5, 0.6) is 5.75 Å². The minimum atomic E-state index is -2.13. The molecule has 1 aromatic carbocycles. The third-order valence-corrected chi connectivity index (χ3v) is 16.9. The number of carbonyl (C=O) groups is 18. The van der Waals surface area contributed by atoms with E-state index in [1.165, 1.54) is 49.9 Å². The Bertz CT molecular complexity index is 3200. The maximum Gasteiger partial charge on any atom is 0.327 e. The van der Waals surface area contributed by atoms with Crippen molar-refractivity contribution in [3.63, 3.8) is 0 Å². The van der Waals surface area contributed by atoms with Gasteiger partial charge >= 0.3 is 23.9 Å². The number of carbonyl (C=O) groups excluding carboxylic acids is 14. The SMILES string of the molecule is CSCC[C@H](N)C(=O)N[C@@H](CC(N)=O)C(=O)N[C@@H](Cc1ccc(O)cc1)C(=O)N[C@@H](C)C(=O)N[C@@H](C)C(=O)N[C@@H](CCC(N)=O)C(=O)N1CCC[C@H]1C(=O)N[C@@H](CC(=O)O)C(=O)N[C@@H](CCCCN)C(=O)N[C@@H](CC(=O)O)C(=O)N[C@@H](CC(=O)O)C(=O)N1CCC[C@H]1C(=O)N[C@@H](CS)C(=O)O. The van der Waals surface area contributed by atoms with Crippen molar-refractivity contribution in [1.82, 2.24) is 63.0 Å². The summed E-state index contributed by atoms with van der Waals surface area (Å²) in [6.45, 7) is 2.07. The number of carboxylic acids is 4. The fraction of sp³-hybridized carbons (Fsp3) is 0.600. The van der Waals surface area contributed by atoms with Gasteiger partial charge in [-0.1, -0.05) is 12.1 Å². The van der Waals surface area contributed by atoms with Crippen LogP contribution >= 0.6 is 24.4 Å². The summed E-state index contributed by atoms with van der Waals surface area (Å²) in [4.78, 5) is 240. The maximum atomic E-state index is 14.4. The van der Waals surface area contributed by atoms with Crippen molar-refractivity contribution in [2.24, 2.45) is 22.9 Å². The number of rotatable bonds is 44. The molecule has 0 radical (unpaired) electrons. The Balaban J connectivity index is 1.82. The molecule has 2 saturated heterocycles. The van der Waals surface area contributed by atoms with E-state index in [1.54, 1.807) is 6.26 Å². The number of hydrogen-bond acceptors (Lipinski definition) is 23. The number of phenolic OH excluding ortho intramolecular Hbond substituents is 1. The number of carboxylic acid groups (broad SMARTS) is 4. The Hall–Kier alpha value is -9.90. The van der Waals surface area contributed by atoms with E-state index in [0.717, 1.165) is 9.80 Å². The van der Waals surface area contributed by atoms with Crippen molar-refractivity contribution < 1.29 is 112 Å². The molecule has 0 unspecified atom stereocenters. The molecule has 0 spiro atoms. The second-order valence-electron chi connectivity index (χ2n) is 23.9. The molecule has 101 heavy (non-hydrogen) atoms. The van der Waals surface area contributed by atoms with E-state index < -0.39 is 224 Å². The molecule has 2 aliphatic heterocycles. The monoisotopic (exact) mass is 1470 g/mol. The van der Waals surface area contributed by atoms with E-state index in [9.17, 15) is 112 Å². The highest BCUT2D eigenvalue weighted by Gasteiger charge is 2.43. The van der Waals surface area contributed by atoms with Crippen LogP contribution in [0.3, 0.4) is 0 Å². The van der Waals surface area contributed by atoms with E-state index >= 15 is 0 Å². The van der Waals surface area contributed by atoms with Gasteiger partial charge < -0.3 is 111 Å². The quantitative estimate of drug-likeness (QED) is 0.0213. The van der Waals surface area contributed by atoms with Gasteiger partial charge in [0.1, 0.15) is 78.3 Å². The zero-order chi connectivity index (χ0) is 76.0. The zero-order valence-corrected chi connectivity index (χ0v) is 57.3. The molecule has 2 aliphatic rings. The van der Waals surface area contributed by atoms with Crippen LogP contribution in [0.2, 0.25) is 0 Å². The number of likely N-dealkylation sites (tertiary alicyclic amines) is 2. The summed E-state index contributed by atoms with van der Waals surface area (Å²) in [6, 6.07) is -15.7. The predicted octanol–water partition coefficient (Wildman–Crippen LogP) is -7.41. The van der Waals surface area contributed by atoms with Gasteiger partial charge in [0.15, 0.2) is 0 Å². The van der Waals surface area contributed by atoms with Crippen molar-refractivity contribution in [3.05, 3.63) is 29.8 Å². The van der Waals surface area contributed by atoms with Crippen LogP contribution in [0.4, 0.5) is 0 Å². The lowest BCUT2D eigenvalue weighted by Gasteiger charge is -2.30. The van der Waals surface area contributed by atoms with Gasteiger partial charge in [-0.15, -0.1) is 0 Å². The molecule has 0 aliphatic carbocycles. The Kier molecular flexibility index (Phi) is 35.7. The number of hydrogen-bond donors (Lipinski definition) is 20. The Labute approximate surface area is 588 Å². The minimum absolute atomic E-state index is 0.00844. The summed E-state index contributed by atoms with van der Waals surface area (Å²) in [5.41, 5.74) is 22.8. The largest absolute Gasteiger partial charge is 0.508 e. The molecule has 560 valence electrons. The van der Waals surface area contributed by atoms with Gasteiger partial charge in [-0.05, 0) is 108 Å². The second-order valence-corrected chi connectivity index (χ2v) is 25.2. The van der Waals surface area contributed by atoms with Crippen LogP contribution in [0, 0.1) is 0 Å². The number of nitrogens with one attached hydrogen (secondary N) is 10. The predicted molar refractivity (Wildman–Crippen MR) is 356 cm³/mol. The Morgan fingerprint density at radius 1 is 0.505 bits per heavy atom. The summed E-state index contributed by atoms with van der Waals surface area (Å²) < 4.78 is 0. The smallest absolute Gasteiger partial charge is 0.327 e. The second kappa shape index (κ2) is 42.3. The van der Waals surface area contributed by atoms with E-state index in [4.69, 9.17) is 22.9 Å². The van der Waals surface area contributed by atoms with Crippen molar-refractivity contribution in [2.45, 2.75) is 189 Å². The van der Waals surface area contributed by atoms with Crippen molar-refractivity contribution in [1.29, 1.82) is 0 Å². The van der Waals surface area contributed by atoms with Gasteiger partial charge in [0.25, 0.3) is 0 Å². The molecule has 39 nitrogen and oxygen atoms in total. The number of primary amides is 2. The number of phenols is 1. The fourth-order valence-electron chi connectivity index (χ4n) is 10.5. The lowest BCUT2D eigenvalue weighted by molar-refractivity contribution is -0.147. The molecular formula is C60H90N16O23S2. The fourth-order valence-corrected chi connectivity index (χ4v) is 11.2. The summed E-state index contributed by atoms with van der Waals surface area (Å²) in [5, 5.41) is 71.8. The lowest BCUT2D eigenvalue weighted by atomic mass is 10.0. The van der Waals surface area contributed by atoms with Gasteiger partial charge in [-0.3, -0.25) is 81.5 Å². The lowest BCUT2D eigenvalue weighted by Crippen LogP contribution is -2.61. The van der Waals surface area contributed by atoms with Gasteiger partial charge in [-0.25, -0.2) is 4.79 Å². The molecule has 3 rings (SSSR count). The van der Waals surface area contributed by atoms with Gasteiger partial charge in [0.05, 0.1) is 31.7 Å². The Morgan fingerprint density at radius 2 is 0.921 bits per heavy atom. The Morgan fingerprint density at radius 3 is 1.41 bits per heavy atom. The summed E-state index contributed by atoms with van der Waals surface area (Å²) in [5.74, 6) is -21.6. The first kappa shape index (κ1) is 85.3. The van der Waals surface area contributed by atoms with Crippen LogP contribution in [-0.2, 0) is 92.7 Å². The topological polar surface area (TPSA) is 639 Å². The van der Waals surface area contributed by atoms with Crippen LogP contribution in [0.1, 0.15) is 109 Å². The molecule has 2 fully saturated rings. The third-order valence-electron chi connectivity index (χ3n) is 15.9. The summed E-state index contributed by atoms with van der Waals surface area (Å²) in [6.07, 6.45) is -3.46. The molecule has 0 saturated carbocycles. The van der Waals surface area contributed by atoms with Crippen LogP contribution < -0.4 is 76.1 Å². The zero-order valence-electron chi connectivity index (χ0n) is 55.6. The standard InChI is InChI=1S/C60H90N16O23S2/c1-28(66-52(90)35(22-30-11-13-31(77)14-12-30)70-53(91)36(23-44(64)79)69-50(88)32(62)17-21-101-3)48(86)65-29(2)49(87)68-34(15-16-43(63)78)58(96)75-19-6-9-41(75)56(94)72-38(25-46(82)83)54(92)67-33(8-4-5-18-61)51(89)71-37(24-45(80)81)55(93)73-39(26-47(84)85)59(97)76-20-7-10-42(76)57(95)74-40(27-100)60(98)99/h11-14,28-29,32-42,77,100H,4-10,15-27,61-62H2,1-3H3,(H2,63,78)(H2,64,79)(H,65,86)(H,66,90)(H,67,92)(H,68,87)(H,69,88)(H,70,91)(H,71,89)(H,72,94)(H,73,93)(H,74,95)(H,80,81)(H,82,83)(H,84,85)(H,98,99)/t28-,29-,32-,33-,34-,35-,36-,37-,38-,39-,40-,41-,42-/m0/s1. The number of nitrogens with two attached hydrogens (primary N) is 4. The molecular weight excluding hydrogens is 1380 g/mol. The van der Waals surface area contributed by atoms with Crippen LogP contribution in [0.15, 0.2) is 24.3 Å². The van der Waals surface area contributed by atoms with Crippen molar-refractivity contribution in [2.75, 3.05) is 37.4 Å². The average molecular weight is 1470 g/mol. The molecule has 0 aromatic heterocycles. The van der Waals surface area contributed by atoms with E-state index in [-0.39, 0.29) is 88.9 Å².